The van der Waals surface area contributed by atoms with Gasteiger partial charge >= 0.3 is 0 Å². The highest BCUT2D eigenvalue weighted by atomic mass is 19.1. The van der Waals surface area contributed by atoms with Gasteiger partial charge in [0.1, 0.15) is 17.0 Å². The standard InChI is InChI=1S/C30H30FN5/c1-7-12-22(23-13-10-11-14-25(23)31)24-18-28(32-19(24)4)30-29-27(34-35-30)16-15-26(33-29)20(8-2)17-21(9-3)36(5)6/h7-18,32H,1,3H2,2,4-6H3,(H,34,35)/b20-8+,21-17+,22-12-. The van der Waals surface area contributed by atoms with Gasteiger partial charge in [0.15, 0.2) is 0 Å². The van der Waals surface area contributed by atoms with Gasteiger partial charge in [0, 0.05) is 36.6 Å². The molecule has 4 rings (SSSR count). The molecule has 4 aromatic rings. The summed E-state index contributed by atoms with van der Waals surface area (Å²) < 4.78 is 14.7. The Labute approximate surface area is 211 Å². The van der Waals surface area contributed by atoms with E-state index in [0.29, 0.717) is 11.3 Å². The van der Waals surface area contributed by atoms with Crippen LogP contribution in [0.5, 0.6) is 0 Å². The molecule has 0 aliphatic rings. The number of fused-ring (bicyclic) bond motifs is 1. The Morgan fingerprint density at radius 2 is 1.86 bits per heavy atom. The molecule has 0 atom stereocenters. The Bertz CT molecular complexity index is 1530. The van der Waals surface area contributed by atoms with Crippen LogP contribution in [0.4, 0.5) is 4.39 Å². The zero-order chi connectivity index (χ0) is 25.8. The Morgan fingerprint density at radius 3 is 2.53 bits per heavy atom. The molecule has 1 aromatic carbocycles. The summed E-state index contributed by atoms with van der Waals surface area (Å²) in [7, 11) is 3.96. The first-order valence-corrected chi connectivity index (χ1v) is 11.7. The number of nitrogens with one attached hydrogen (secondary N) is 2. The van der Waals surface area contributed by atoms with E-state index in [9.17, 15) is 4.39 Å². The van der Waals surface area contributed by atoms with Crippen molar-refractivity contribution in [1.82, 2.24) is 25.1 Å². The first-order chi connectivity index (χ1) is 17.4. The summed E-state index contributed by atoms with van der Waals surface area (Å²) in [6.45, 7) is 11.7. The second kappa shape index (κ2) is 10.4. The number of allylic oxidation sites excluding steroid dienone is 6. The number of pyridine rings is 1. The van der Waals surface area contributed by atoms with E-state index in [2.05, 4.69) is 34.4 Å². The second-order valence-electron chi connectivity index (χ2n) is 8.59. The average Bonchev–Trinajstić information content (AvgIpc) is 3.46. The summed E-state index contributed by atoms with van der Waals surface area (Å²) in [6.07, 6.45) is 9.39. The molecule has 0 spiro atoms. The number of halogens is 1. The van der Waals surface area contributed by atoms with Crippen molar-refractivity contribution in [2.45, 2.75) is 13.8 Å². The van der Waals surface area contributed by atoms with Crippen molar-refractivity contribution in [2.75, 3.05) is 14.1 Å². The molecule has 0 radical (unpaired) electrons. The van der Waals surface area contributed by atoms with Crippen molar-refractivity contribution in [3.8, 4) is 11.4 Å². The van der Waals surface area contributed by atoms with Crippen LogP contribution < -0.4 is 0 Å². The zero-order valence-electron chi connectivity index (χ0n) is 21.1. The molecule has 0 saturated heterocycles. The van der Waals surface area contributed by atoms with Crippen molar-refractivity contribution < 1.29 is 4.39 Å². The minimum absolute atomic E-state index is 0.284. The predicted molar refractivity (Wildman–Crippen MR) is 148 cm³/mol. The lowest BCUT2D eigenvalue weighted by molar-refractivity contribution is 0.530. The molecule has 0 saturated carbocycles. The zero-order valence-corrected chi connectivity index (χ0v) is 21.1. The number of H-pyrrole nitrogens is 2. The molecule has 0 aliphatic heterocycles. The highest BCUT2D eigenvalue weighted by molar-refractivity contribution is 5.92. The van der Waals surface area contributed by atoms with Crippen LogP contribution in [-0.2, 0) is 0 Å². The summed E-state index contributed by atoms with van der Waals surface area (Å²) in [5.74, 6) is -0.284. The molecule has 0 amide bonds. The van der Waals surface area contributed by atoms with Gasteiger partial charge in [-0.05, 0) is 61.4 Å². The number of aromatic nitrogens is 4. The third kappa shape index (κ3) is 4.70. The normalized spacial score (nSPS) is 12.8. The van der Waals surface area contributed by atoms with Crippen molar-refractivity contribution in [3.05, 3.63) is 120 Å². The molecule has 0 aliphatic carbocycles. The van der Waals surface area contributed by atoms with E-state index >= 15 is 0 Å². The van der Waals surface area contributed by atoms with Crippen LogP contribution in [0.2, 0.25) is 0 Å². The van der Waals surface area contributed by atoms with E-state index in [-0.39, 0.29) is 5.82 Å². The van der Waals surface area contributed by atoms with Gasteiger partial charge in [-0.15, -0.1) is 0 Å². The molecule has 0 unspecified atom stereocenters. The maximum atomic E-state index is 14.7. The molecule has 0 fully saturated rings. The molecular weight excluding hydrogens is 449 g/mol. The molecule has 5 nitrogen and oxygen atoms in total. The third-order valence-corrected chi connectivity index (χ3v) is 6.05. The number of hydrogen-bond donors (Lipinski definition) is 2. The van der Waals surface area contributed by atoms with Crippen LogP contribution in [0.3, 0.4) is 0 Å². The Morgan fingerprint density at radius 1 is 1.08 bits per heavy atom. The molecule has 0 bridgehead atoms. The summed E-state index contributed by atoms with van der Waals surface area (Å²) in [6, 6.07) is 12.7. The van der Waals surface area contributed by atoms with E-state index in [1.165, 1.54) is 6.07 Å². The molecule has 6 heteroatoms. The fourth-order valence-electron chi connectivity index (χ4n) is 4.17. The third-order valence-electron chi connectivity index (χ3n) is 6.05. The molecule has 182 valence electrons. The van der Waals surface area contributed by atoms with Crippen LogP contribution in [-0.4, -0.2) is 39.2 Å². The minimum atomic E-state index is -0.284. The molecule has 36 heavy (non-hydrogen) atoms. The van der Waals surface area contributed by atoms with E-state index in [1.807, 2.05) is 75.3 Å². The van der Waals surface area contributed by atoms with Crippen molar-refractivity contribution in [3.63, 3.8) is 0 Å². The van der Waals surface area contributed by atoms with E-state index in [1.54, 1.807) is 18.2 Å². The van der Waals surface area contributed by atoms with Crippen LogP contribution in [0.25, 0.3) is 33.6 Å². The summed E-state index contributed by atoms with van der Waals surface area (Å²) in [5.41, 5.74) is 8.90. The van der Waals surface area contributed by atoms with Gasteiger partial charge in [0.05, 0.1) is 16.9 Å². The number of nitrogens with zero attached hydrogens (tertiary/aromatic N) is 3. The second-order valence-corrected chi connectivity index (χ2v) is 8.59. The number of hydrogen-bond acceptors (Lipinski definition) is 3. The lowest BCUT2D eigenvalue weighted by Gasteiger charge is -2.14. The smallest absolute Gasteiger partial charge is 0.135 e. The van der Waals surface area contributed by atoms with Crippen molar-refractivity contribution in [1.29, 1.82) is 0 Å². The van der Waals surface area contributed by atoms with Crippen molar-refractivity contribution >= 4 is 22.2 Å². The molecule has 3 aromatic heterocycles. The predicted octanol–water partition coefficient (Wildman–Crippen LogP) is 7.05. The fraction of sp³-hybridized carbons (Fsp3) is 0.133. The first kappa shape index (κ1) is 24.7. The number of aryl methyl sites for hydroxylation is 1. The summed E-state index contributed by atoms with van der Waals surface area (Å²) in [4.78, 5) is 10.4. The minimum Gasteiger partial charge on any atom is -0.378 e. The first-order valence-electron chi connectivity index (χ1n) is 11.7. The maximum Gasteiger partial charge on any atom is 0.135 e. The van der Waals surface area contributed by atoms with E-state index < -0.39 is 0 Å². The number of aromatic amines is 2. The maximum absolute atomic E-state index is 14.7. The topological polar surface area (TPSA) is 60.6 Å². The largest absolute Gasteiger partial charge is 0.378 e. The van der Waals surface area contributed by atoms with Gasteiger partial charge in [-0.25, -0.2) is 9.37 Å². The highest BCUT2D eigenvalue weighted by Crippen LogP contribution is 2.33. The van der Waals surface area contributed by atoms with E-state index in [0.717, 1.165) is 50.5 Å². The Balaban J connectivity index is 1.81. The number of benzene rings is 1. The van der Waals surface area contributed by atoms with E-state index in [4.69, 9.17) is 4.98 Å². The Kier molecular flexibility index (Phi) is 7.15. The van der Waals surface area contributed by atoms with Crippen LogP contribution in [0.1, 0.15) is 29.4 Å². The van der Waals surface area contributed by atoms with Gasteiger partial charge in [-0.1, -0.05) is 49.6 Å². The van der Waals surface area contributed by atoms with Gasteiger partial charge in [0.25, 0.3) is 0 Å². The quantitative estimate of drug-likeness (QED) is 0.266. The van der Waals surface area contributed by atoms with Crippen LogP contribution in [0, 0.1) is 12.7 Å². The highest BCUT2D eigenvalue weighted by Gasteiger charge is 2.18. The molecule has 3 heterocycles. The lowest BCUT2D eigenvalue weighted by atomic mass is 9.97. The molecular formula is C30H30FN5. The molecule has 2 N–H and O–H groups in total. The number of likely N-dealkylation sites (N-methyl/N-ethyl adjacent to an activating group) is 1. The van der Waals surface area contributed by atoms with Crippen molar-refractivity contribution in [2.24, 2.45) is 0 Å². The van der Waals surface area contributed by atoms with Crippen LogP contribution >= 0.6 is 0 Å². The fourth-order valence-corrected chi connectivity index (χ4v) is 4.17. The van der Waals surface area contributed by atoms with Crippen LogP contribution in [0.15, 0.2) is 91.7 Å². The average molecular weight is 480 g/mol. The monoisotopic (exact) mass is 479 g/mol. The summed E-state index contributed by atoms with van der Waals surface area (Å²) >= 11 is 0. The lowest BCUT2D eigenvalue weighted by Crippen LogP contribution is -2.09. The summed E-state index contributed by atoms with van der Waals surface area (Å²) in [5, 5.41) is 7.64. The van der Waals surface area contributed by atoms with Gasteiger partial charge in [0.2, 0.25) is 0 Å². The van der Waals surface area contributed by atoms with Gasteiger partial charge < -0.3 is 9.88 Å². The van der Waals surface area contributed by atoms with Gasteiger partial charge in [-0.2, -0.15) is 5.10 Å². The Hall–Kier alpha value is -4.45. The SMILES string of the molecule is C=C/C=C(/c1ccccc1F)c1cc(-c2n[nH]c3ccc(C(=C/C)/C=C(\C=C)N(C)C)nc23)[nH]c1C. The number of rotatable bonds is 8. The van der Waals surface area contributed by atoms with Gasteiger partial charge in [-0.3, -0.25) is 5.10 Å².